The van der Waals surface area contributed by atoms with Crippen molar-refractivity contribution in [2.24, 2.45) is 0 Å². The minimum atomic E-state index is -5.04. The van der Waals surface area contributed by atoms with Gasteiger partial charge in [-0.15, -0.1) is 0 Å². The van der Waals surface area contributed by atoms with Crippen molar-refractivity contribution < 1.29 is 27.6 Å². The number of hydrogen-bond donors (Lipinski definition) is 1. The molecule has 0 saturated carbocycles. The summed E-state index contributed by atoms with van der Waals surface area (Å²) >= 11 is 0. The second-order valence-corrected chi connectivity index (χ2v) is 6.38. The van der Waals surface area contributed by atoms with Gasteiger partial charge in [-0.25, -0.2) is 0 Å². The number of hydrogen-bond acceptors (Lipinski definition) is 3. The van der Waals surface area contributed by atoms with Crippen molar-refractivity contribution in [3.8, 4) is 0 Å². The molecule has 0 aliphatic carbocycles. The second kappa shape index (κ2) is 7.84. The summed E-state index contributed by atoms with van der Waals surface area (Å²) in [6.07, 6.45) is -4.61. The maximum Gasteiger partial charge on any atom is 0.471 e. The summed E-state index contributed by atoms with van der Waals surface area (Å²) < 4.78 is 38.3. The molecule has 0 radical (unpaired) electrons. The largest absolute Gasteiger partial charge is 0.471 e. The summed E-state index contributed by atoms with van der Waals surface area (Å²) in [5, 5.41) is 2.52. The van der Waals surface area contributed by atoms with E-state index in [2.05, 4.69) is 5.32 Å². The highest BCUT2D eigenvalue weighted by Crippen LogP contribution is 2.27. The van der Waals surface area contributed by atoms with Crippen molar-refractivity contribution in [3.05, 3.63) is 65.7 Å². The van der Waals surface area contributed by atoms with E-state index in [4.69, 9.17) is 0 Å². The Balaban J connectivity index is 1.82. The fourth-order valence-electron chi connectivity index (χ4n) is 3.20. The lowest BCUT2D eigenvalue weighted by Crippen LogP contribution is -2.48. The molecule has 1 aliphatic rings. The van der Waals surface area contributed by atoms with Crippen molar-refractivity contribution in [1.29, 1.82) is 0 Å². The summed E-state index contributed by atoms with van der Waals surface area (Å²) in [6.45, 7) is -0.138. The van der Waals surface area contributed by atoms with E-state index in [9.17, 15) is 27.6 Å². The number of nitrogens with one attached hydrogen (secondary N) is 1. The molecule has 2 amide bonds. The Bertz CT molecular complexity index is 897. The van der Waals surface area contributed by atoms with Gasteiger partial charge in [-0.05, 0) is 25.0 Å². The van der Waals surface area contributed by atoms with Gasteiger partial charge in [-0.1, -0.05) is 42.5 Å². The number of likely N-dealkylation sites (tertiary alicyclic amines) is 1. The number of benzene rings is 2. The first-order valence-electron chi connectivity index (χ1n) is 8.66. The predicted octanol–water partition coefficient (Wildman–Crippen LogP) is 3.41. The zero-order valence-electron chi connectivity index (χ0n) is 14.7. The smallest absolute Gasteiger partial charge is 0.324 e. The van der Waals surface area contributed by atoms with Crippen LogP contribution in [0, 0.1) is 0 Å². The normalized spacial score (nSPS) is 16.7. The average Bonchev–Trinajstić information content (AvgIpc) is 3.17. The molecule has 1 saturated heterocycles. The van der Waals surface area contributed by atoms with E-state index in [1.807, 2.05) is 0 Å². The molecule has 2 aromatic carbocycles. The van der Waals surface area contributed by atoms with Crippen LogP contribution < -0.4 is 5.32 Å². The Hall–Kier alpha value is -3.16. The quantitative estimate of drug-likeness (QED) is 0.814. The van der Waals surface area contributed by atoms with Gasteiger partial charge in [0.1, 0.15) is 6.04 Å². The third-order valence-electron chi connectivity index (χ3n) is 4.52. The summed E-state index contributed by atoms with van der Waals surface area (Å²) in [7, 11) is 0. The number of rotatable bonds is 4. The number of anilines is 1. The molecule has 1 aliphatic heterocycles. The van der Waals surface area contributed by atoms with Gasteiger partial charge in [-0.2, -0.15) is 13.2 Å². The van der Waals surface area contributed by atoms with E-state index in [0.717, 1.165) is 0 Å². The molecule has 1 N–H and O–H groups in total. The van der Waals surface area contributed by atoms with Crippen LogP contribution in [0.3, 0.4) is 0 Å². The van der Waals surface area contributed by atoms with Crippen LogP contribution in [0.15, 0.2) is 54.6 Å². The topological polar surface area (TPSA) is 66.5 Å². The van der Waals surface area contributed by atoms with E-state index < -0.39 is 24.0 Å². The molecule has 8 heteroatoms. The lowest BCUT2D eigenvalue weighted by atomic mass is 10.0. The first kappa shape index (κ1) is 19.6. The number of ketones is 1. The molecule has 0 bridgehead atoms. The molecular formula is C20H17F3N2O3. The molecule has 0 unspecified atom stereocenters. The third-order valence-corrected chi connectivity index (χ3v) is 4.52. The molecular weight excluding hydrogens is 373 g/mol. The number of nitrogens with zero attached hydrogens (tertiary/aromatic N) is 1. The minimum absolute atomic E-state index is 0.127. The molecule has 2 aromatic rings. The lowest BCUT2D eigenvalue weighted by molar-refractivity contribution is -0.186. The molecule has 1 atom stereocenters. The molecule has 0 aromatic heterocycles. The van der Waals surface area contributed by atoms with E-state index >= 15 is 0 Å². The van der Waals surface area contributed by atoms with Gasteiger partial charge in [0.2, 0.25) is 5.91 Å². The second-order valence-electron chi connectivity index (χ2n) is 6.38. The van der Waals surface area contributed by atoms with Gasteiger partial charge in [-0.3, -0.25) is 14.4 Å². The van der Waals surface area contributed by atoms with Crippen LogP contribution >= 0.6 is 0 Å². The highest BCUT2D eigenvalue weighted by atomic mass is 19.4. The van der Waals surface area contributed by atoms with Crippen LogP contribution in [0.2, 0.25) is 0 Å². The summed E-state index contributed by atoms with van der Waals surface area (Å²) in [6, 6.07) is 13.4. The van der Waals surface area contributed by atoms with Crippen LogP contribution in [0.5, 0.6) is 0 Å². The highest BCUT2D eigenvalue weighted by molar-refractivity contribution is 6.14. The monoisotopic (exact) mass is 390 g/mol. The van der Waals surface area contributed by atoms with Crippen LogP contribution in [0.4, 0.5) is 18.9 Å². The van der Waals surface area contributed by atoms with Gasteiger partial charge >= 0.3 is 12.1 Å². The first-order chi connectivity index (χ1) is 13.3. The van der Waals surface area contributed by atoms with Crippen molar-refractivity contribution in [2.75, 3.05) is 11.9 Å². The van der Waals surface area contributed by atoms with Crippen molar-refractivity contribution >= 4 is 23.3 Å². The summed E-state index contributed by atoms with van der Waals surface area (Å²) in [5.41, 5.74) is 0.820. The number of halogens is 3. The number of carbonyl (C=O) groups is 3. The molecule has 3 rings (SSSR count). The van der Waals surface area contributed by atoms with Gasteiger partial charge in [0, 0.05) is 17.7 Å². The molecule has 146 valence electrons. The van der Waals surface area contributed by atoms with E-state index in [1.165, 1.54) is 12.1 Å². The van der Waals surface area contributed by atoms with Gasteiger partial charge in [0.25, 0.3) is 0 Å². The minimum Gasteiger partial charge on any atom is -0.324 e. The lowest BCUT2D eigenvalue weighted by Gasteiger charge is -2.25. The molecule has 5 nitrogen and oxygen atoms in total. The SMILES string of the molecule is O=C(c1ccccc1)c1ccccc1NC(=O)[C@@H]1CCCN1C(=O)C(F)(F)F. The Labute approximate surface area is 159 Å². The zero-order valence-corrected chi connectivity index (χ0v) is 14.7. The Morgan fingerprint density at radius 3 is 2.29 bits per heavy atom. The van der Waals surface area contributed by atoms with Crippen molar-refractivity contribution in [2.45, 2.75) is 25.1 Å². The van der Waals surface area contributed by atoms with Gasteiger partial charge in [0.05, 0.1) is 5.69 Å². The van der Waals surface area contributed by atoms with Gasteiger partial charge < -0.3 is 10.2 Å². The summed E-state index contributed by atoms with van der Waals surface area (Å²) in [5.74, 6) is -3.10. The predicted molar refractivity (Wildman–Crippen MR) is 95.7 cm³/mol. The average molecular weight is 390 g/mol. The molecule has 0 spiro atoms. The van der Waals surface area contributed by atoms with E-state index in [-0.39, 0.29) is 30.0 Å². The third kappa shape index (κ3) is 4.05. The highest BCUT2D eigenvalue weighted by Gasteiger charge is 2.47. The standard InChI is InChI=1S/C20H17F3N2O3/c21-20(22,23)19(28)25-12-6-11-16(25)18(27)24-15-10-5-4-9-14(15)17(26)13-7-2-1-3-8-13/h1-5,7-10,16H,6,11-12H2,(H,24,27)/t16-/m0/s1. The van der Waals surface area contributed by atoms with Crippen LogP contribution in [0.25, 0.3) is 0 Å². The zero-order chi connectivity index (χ0) is 20.3. The molecule has 28 heavy (non-hydrogen) atoms. The van der Waals surface area contributed by atoms with Crippen molar-refractivity contribution in [1.82, 2.24) is 4.90 Å². The van der Waals surface area contributed by atoms with Crippen molar-refractivity contribution in [3.63, 3.8) is 0 Å². The Kier molecular flexibility index (Phi) is 5.48. The Morgan fingerprint density at radius 2 is 1.61 bits per heavy atom. The molecule has 1 fully saturated rings. The maximum atomic E-state index is 12.8. The fourth-order valence-corrected chi connectivity index (χ4v) is 3.20. The number of carbonyl (C=O) groups excluding carboxylic acids is 3. The van der Waals surface area contributed by atoms with Crippen LogP contribution in [0.1, 0.15) is 28.8 Å². The van der Waals surface area contributed by atoms with Crippen LogP contribution in [-0.4, -0.2) is 41.3 Å². The molecule has 1 heterocycles. The number of amides is 2. The Morgan fingerprint density at radius 1 is 0.964 bits per heavy atom. The first-order valence-corrected chi connectivity index (χ1v) is 8.66. The van der Waals surface area contributed by atoms with E-state index in [1.54, 1.807) is 42.5 Å². The summed E-state index contributed by atoms with van der Waals surface area (Å²) in [4.78, 5) is 37.4. The van der Waals surface area contributed by atoms with Crippen LogP contribution in [-0.2, 0) is 9.59 Å². The van der Waals surface area contributed by atoms with Gasteiger partial charge in [0.15, 0.2) is 5.78 Å². The number of alkyl halides is 3. The maximum absolute atomic E-state index is 12.8. The number of para-hydroxylation sites is 1. The van der Waals surface area contributed by atoms with E-state index in [0.29, 0.717) is 16.9 Å². The fraction of sp³-hybridized carbons (Fsp3) is 0.250.